The van der Waals surface area contributed by atoms with E-state index in [0.717, 1.165) is 39.2 Å². The van der Waals surface area contributed by atoms with E-state index < -0.39 is 0 Å². The number of aromatic nitrogens is 1. The van der Waals surface area contributed by atoms with Gasteiger partial charge in [0, 0.05) is 28.7 Å². The predicted octanol–water partition coefficient (Wildman–Crippen LogP) is 5.22. The molecule has 4 nitrogen and oxygen atoms in total. The summed E-state index contributed by atoms with van der Waals surface area (Å²) in [7, 11) is 0. The average molecular weight is 416 g/mol. The monoisotopic (exact) mass is 416 g/mol. The number of nitrogens with one attached hydrogen (secondary N) is 1. The number of hydrogen-bond donors (Lipinski definition) is 3. The van der Waals surface area contributed by atoms with Gasteiger partial charge in [-0.15, -0.1) is 0 Å². The van der Waals surface area contributed by atoms with Crippen LogP contribution >= 0.6 is 0 Å². The molecule has 4 rings (SSSR count). The maximum atomic E-state index is 13.7. The Hall–Kier alpha value is -3.28. The first kappa shape index (κ1) is 21.0. The van der Waals surface area contributed by atoms with Crippen LogP contribution < -0.4 is 5.32 Å². The number of hydrogen-bond acceptors (Lipinski definition) is 4. The van der Waals surface area contributed by atoms with Crippen LogP contribution in [-0.2, 0) is 6.61 Å². The van der Waals surface area contributed by atoms with E-state index in [0.29, 0.717) is 23.0 Å². The van der Waals surface area contributed by atoms with Gasteiger partial charge in [-0.05, 0) is 66.4 Å². The smallest absolute Gasteiger partial charge is 0.123 e. The number of aryl methyl sites for hydroxylation is 1. The van der Waals surface area contributed by atoms with Crippen LogP contribution in [0, 0.1) is 19.7 Å². The van der Waals surface area contributed by atoms with E-state index in [-0.39, 0.29) is 19.0 Å². The third-order valence-electron chi connectivity index (χ3n) is 5.63. The molecule has 0 aliphatic heterocycles. The molecule has 0 aliphatic carbocycles. The summed E-state index contributed by atoms with van der Waals surface area (Å²) >= 11 is 0. The molecular formula is C26H25FN2O2. The standard InChI is InChI=1S/C26H25FN2O2/c1-16-13-18(7-9-20(16)21-5-3-4-6-24(21)28-11-12-30)26-17(2)23(15-31)22-14-19(27)8-10-25(22)29-26/h3-10,13-14,28,30-31H,11-12,15H2,1-2H3. The average Bonchev–Trinajstić information content (AvgIpc) is 2.77. The number of nitrogens with zero attached hydrogens (tertiary/aromatic N) is 1. The van der Waals surface area contributed by atoms with Gasteiger partial charge in [-0.1, -0.05) is 30.3 Å². The summed E-state index contributed by atoms with van der Waals surface area (Å²) in [5.41, 5.74) is 8.13. The highest BCUT2D eigenvalue weighted by Gasteiger charge is 2.15. The van der Waals surface area contributed by atoms with Crippen LogP contribution in [0.4, 0.5) is 10.1 Å². The Kier molecular flexibility index (Phi) is 5.98. The number of aliphatic hydroxyl groups excluding tert-OH is 2. The Morgan fingerprint density at radius 3 is 2.48 bits per heavy atom. The Morgan fingerprint density at radius 1 is 0.935 bits per heavy atom. The zero-order valence-electron chi connectivity index (χ0n) is 17.6. The lowest BCUT2D eigenvalue weighted by Crippen LogP contribution is -2.06. The fourth-order valence-electron chi connectivity index (χ4n) is 4.06. The van der Waals surface area contributed by atoms with Crippen molar-refractivity contribution in [2.45, 2.75) is 20.5 Å². The van der Waals surface area contributed by atoms with Gasteiger partial charge in [0.2, 0.25) is 0 Å². The summed E-state index contributed by atoms with van der Waals surface area (Å²) in [6, 6.07) is 18.7. The lowest BCUT2D eigenvalue weighted by atomic mass is 9.93. The van der Waals surface area contributed by atoms with Crippen molar-refractivity contribution in [3.8, 4) is 22.4 Å². The second kappa shape index (κ2) is 8.84. The first-order valence-corrected chi connectivity index (χ1v) is 10.3. The van der Waals surface area contributed by atoms with E-state index in [2.05, 4.69) is 30.4 Å². The lowest BCUT2D eigenvalue weighted by molar-refractivity contribution is 0.282. The quantitative estimate of drug-likeness (QED) is 0.403. The Bertz CT molecular complexity index is 1250. The minimum Gasteiger partial charge on any atom is -0.395 e. The van der Waals surface area contributed by atoms with E-state index in [9.17, 15) is 9.50 Å². The largest absolute Gasteiger partial charge is 0.395 e. The highest BCUT2D eigenvalue weighted by molar-refractivity contribution is 5.88. The number of halogens is 1. The van der Waals surface area contributed by atoms with Crippen molar-refractivity contribution in [2.24, 2.45) is 0 Å². The molecule has 0 atom stereocenters. The minimum absolute atomic E-state index is 0.0657. The van der Waals surface area contributed by atoms with Gasteiger partial charge in [-0.3, -0.25) is 0 Å². The third kappa shape index (κ3) is 4.02. The van der Waals surface area contributed by atoms with Crippen molar-refractivity contribution in [2.75, 3.05) is 18.5 Å². The van der Waals surface area contributed by atoms with Crippen LogP contribution in [0.3, 0.4) is 0 Å². The summed E-state index contributed by atoms with van der Waals surface area (Å²) in [6.07, 6.45) is 0. The minimum atomic E-state index is -0.343. The molecule has 0 saturated heterocycles. The first-order valence-electron chi connectivity index (χ1n) is 10.3. The maximum absolute atomic E-state index is 13.7. The van der Waals surface area contributed by atoms with E-state index in [1.807, 2.05) is 31.2 Å². The number of anilines is 1. The Labute approximate surface area is 181 Å². The summed E-state index contributed by atoms with van der Waals surface area (Å²) in [5, 5.41) is 23.0. The van der Waals surface area contributed by atoms with Crippen molar-refractivity contribution in [3.05, 3.63) is 83.2 Å². The molecule has 0 bridgehead atoms. The van der Waals surface area contributed by atoms with Crippen molar-refractivity contribution in [3.63, 3.8) is 0 Å². The van der Waals surface area contributed by atoms with Crippen LogP contribution in [0.5, 0.6) is 0 Å². The summed E-state index contributed by atoms with van der Waals surface area (Å²) < 4.78 is 13.7. The molecule has 1 aromatic heterocycles. The SMILES string of the molecule is Cc1cc(-c2nc3ccc(F)cc3c(CO)c2C)ccc1-c1ccccc1NCCO. The zero-order valence-corrected chi connectivity index (χ0v) is 17.6. The van der Waals surface area contributed by atoms with Gasteiger partial charge in [0.05, 0.1) is 24.4 Å². The van der Waals surface area contributed by atoms with Gasteiger partial charge in [0.25, 0.3) is 0 Å². The van der Waals surface area contributed by atoms with Crippen LogP contribution in [0.15, 0.2) is 60.7 Å². The molecule has 0 amide bonds. The van der Waals surface area contributed by atoms with Crippen LogP contribution in [0.1, 0.15) is 16.7 Å². The molecule has 31 heavy (non-hydrogen) atoms. The van der Waals surface area contributed by atoms with Crippen molar-refractivity contribution in [1.29, 1.82) is 0 Å². The van der Waals surface area contributed by atoms with Crippen LogP contribution in [0.25, 0.3) is 33.3 Å². The van der Waals surface area contributed by atoms with E-state index in [1.165, 1.54) is 12.1 Å². The number of fused-ring (bicyclic) bond motifs is 1. The molecule has 3 N–H and O–H groups in total. The molecule has 0 spiro atoms. The number of aliphatic hydroxyl groups is 2. The van der Waals surface area contributed by atoms with Gasteiger partial charge >= 0.3 is 0 Å². The predicted molar refractivity (Wildman–Crippen MR) is 124 cm³/mol. The van der Waals surface area contributed by atoms with Crippen LogP contribution in [-0.4, -0.2) is 28.3 Å². The van der Waals surface area contributed by atoms with Crippen molar-refractivity contribution in [1.82, 2.24) is 4.98 Å². The van der Waals surface area contributed by atoms with Gasteiger partial charge in [-0.2, -0.15) is 0 Å². The highest BCUT2D eigenvalue weighted by atomic mass is 19.1. The number of rotatable bonds is 6. The molecule has 0 saturated carbocycles. The fraction of sp³-hybridized carbons (Fsp3) is 0.192. The van der Waals surface area contributed by atoms with Gasteiger partial charge in [0.1, 0.15) is 5.82 Å². The van der Waals surface area contributed by atoms with Gasteiger partial charge < -0.3 is 15.5 Å². The van der Waals surface area contributed by atoms with Gasteiger partial charge in [-0.25, -0.2) is 9.37 Å². The molecule has 5 heteroatoms. The Balaban J connectivity index is 1.82. The van der Waals surface area contributed by atoms with Crippen molar-refractivity contribution >= 4 is 16.6 Å². The number of benzene rings is 3. The number of para-hydroxylation sites is 1. The highest BCUT2D eigenvalue weighted by Crippen LogP contribution is 2.35. The molecule has 0 unspecified atom stereocenters. The maximum Gasteiger partial charge on any atom is 0.123 e. The molecule has 0 radical (unpaired) electrons. The normalized spacial score (nSPS) is 11.1. The molecule has 1 heterocycles. The topological polar surface area (TPSA) is 65.4 Å². The zero-order chi connectivity index (χ0) is 22.0. The molecule has 0 aliphatic rings. The second-order valence-electron chi connectivity index (χ2n) is 7.61. The summed E-state index contributed by atoms with van der Waals surface area (Å²) in [4.78, 5) is 4.78. The molecule has 158 valence electrons. The molecule has 0 fully saturated rings. The number of pyridine rings is 1. The molecule has 3 aromatic carbocycles. The lowest BCUT2D eigenvalue weighted by Gasteiger charge is -2.16. The Morgan fingerprint density at radius 2 is 1.74 bits per heavy atom. The summed E-state index contributed by atoms with van der Waals surface area (Å²) in [6.45, 7) is 4.34. The second-order valence-corrected chi connectivity index (χ2v) is 7.61. The molecule has 4 aromatic rings. The first-order chi connectivity index (χ1) is 15.0. The fourth-order valence-corrected chi connectivity index (χ4v) is 4.06. The third-order valence-corrected chi connectivity index (χ3v) is 5.63. The van der Waals surface area contributed by atoms with E-state index in [1.54, 1.807) is 6.07 Å². The van der Waals surface area contributed by atoms with E-state index >= 15 is 0 Å². The van der Waals surface area contributed by atoms with Crippen molar-refractivity contribution < 1.29 is 14.6 Å². The van der Waals surface area contributed by atoms with E-state index in [4.69, 9.17) is 10.1 Å². The summed E-state index contributed by atoms with van der Waals surface area (Å²) in [5.74, 6) is -0.343. The van der Waals surface area contributed by atoms with Gasteiger partial charge in [0.15, 0.2) is 0 Å². The van der Waals surface area contributed by atoms with Crippen LogP contribution in [0.2, 0.25) is 0 Å². The molecular weight excluding hydrogens is 391 g/mol.